The fraction of sp³-hybridized carbons (Fsp3) is 0.500. The Kier molecular flexibility index (Phi) is 5.19. The molecule has 0 amide bonds. The molecule has 88 valence electrons. The van der Waals surface area contributed by atoms with E-state index in [1.165, 1.54) is 12.8 Å². The summed E-state index contributed by atoms with van der Waals surface area (Å²) in [5.74, 6) is 0. The number of rotatable bonds is 6. The van der Waals surface area contributed by atoms with Gasteiger partial charge < -0.3 is 10.6 Å². The number of hydrogen-bond donors (Lipinski definition) is 1. The second-order valence-electron chi connectivity index (χ2n) is 3.70. The zero-order valence-electron chi connectivity index (χ0n) is 9.94. The highest BCUT2D eigenvalue weighted by molar-refractivity contribution is 7.80. The molecule has 0 spiro atoms. The summed E-state index contributed by atoms with van der Waals surface area (Å²) in [7, 11) is 0. The van der Waals surface area contributed by atoms with Crippen molar-refractivity contribution in [3.63, 3.8) is 0 Å². The van der Waals surface area contributed by atoms with Crippen LogP contribution in [0.25, 0.3) is 0 Å². The Bertz CT molecular complexity index is 335. The number of nitrogens with two attached hydrogens (primary N) is 1. The average Bonchev–Trinajstić information content (AvgIpc) is 2.30. The van der Waals surface area contributed by atoms with E-state index in [9.17, 15) is 0 Å². The highest BCUT2D eigenvalue weighted by atomic mass is 32.1. The predicted octanol–water partition coefficient (Wildman–Crippen LogP) is 2.34. The van der Waals surface area contributed by atoms with Crippen molar-refractivity contribution in [2.45, 2.75) is 26.7 Å². The van der Waals surface area contributed by atoms with E-state index in [1.54, 1.807) is 0 Å². The first-order valence-electron chi connectivity index (χ1n) is 5.69. The quantitative estimate of drug-likeness (QED) is 0.771. The summed E-state index contributed by atoms with van der Waals surface area (Å²) in [4.78, 5) is 6.90. The second kappa shape index (κ2) is 6.43. The van der Waals surface area contributed by atoms with Crippen LogP contribution in [0.2, 0.25) is 0 Å². The Labute approximate surface area is 103 Å². The summed E-state index contributed by atoms with van der Waals surface area (Å²) in [6, 6.07) is 3.91. The number of nitrogens with zero attached hydrogens (tertiary/aromatic N) is 2. The van der Waals surface area contributed by atoms with E-state index in [1.807, 2.05) is 18.3 Å². The lowest BCUT2D eigenvalue weighted by Gasteiger charge is -2.22. The Balaban J connectivity index is 2.74. The summed E-state index contributed by atoms with van der Waals surface area (Å²) in [5, 5.41) is 0. The van der Waals surface area contributed by atoms with Gasteiger partial charge in [-0.2, -0.15) is 0 Å². The molecule has 16 heavy (non-hydrogen) atoms. The topological polar surface area (TPSA) is 42.1 Å². The second-order valence-corrected chi connectivity index (χ2v) is 4.14. The van der Waals surface area contributed by atoms with Crippen LogP contribution in [0.15, 0.2) is 18.3 Å². The standard InChI is InChI=1S/C12H19N3S/c1-3-5-8-15(4-2)10-6-7-11(12(13)16)14-9-10/h6-7,9H,3-5,8H2,1-2H3,(H2,13,16). The van der Waals surface area contributed by atoms with Crippen LogP contribution in [-0.2, 0) is 0 Å². The van der Waals surface area contributed by atoms with Crippen molar-refractivity contribution in [1.82, 2.24) is 4.98 Å². The van der Waals surface area contributed by atoms with Gasteiger partial charge in [-0.15, -0.1) is 0 Å². The molecule has 0 aliphatic heterocycles. The Morgan fingerprint density at radius 1 is 1.44 bits per heavy atom. The van der Waals surface area contributed by atoms with E-state index >= 15 is 0 Å². The maximum Gasteiger partial charge on any atom is 0.122 e. The molecule has 3 nitrogen and oxygen atoms in total. The van der Waals surface area contributed by atoms with Gasteiger partial charge in [-0.25, -0.2) is 0 Å². The first-order chi connectivity index (χ1) is 7.69. The normalized spacial score (nSPS) is 10.1. The number of anilines is 1. The first kappa shape index (κ1) is 12.9. The van der Waals surface area contributed by atoms with E-state index in [0.29, 0.717) is 10.7 Å². The van der Waals surface area contributed by atoms with Crippen molar-refractivity contribution in [3.8, 4) is 0 Å². The van der Waals surface area contributed by atoms with Gasteiger partial charge >= 0.3 is 0 Å². The third kappa shape index (κ3) is 3.45. The first-order valence-corrected chi connectivity index (χ1v) is 6.10. The minimum absolute atomic E-state index is 0.350. The Morgan fingerprint density at radius 2 is 2.19 bits per heavy atom. The van der Waals surface area contributed by atoms with Crippen molar-refractivity contribution in [1.29, 1.82) is 0 Å². The van der Waals surface area contributed by atoms with Crippen molar-refractivity contribution in [2.75, 3.05) is 18.0 Å². The lowest BCUT2D eigenvalue weighted by atomic mass is 10.2. The van der Waals surface area contributed by atoms with Gasteiger partial charge in [-0.1, -0.05) is 25.6 Å². The molecule has 1 rings (SSSR count). The van der Waals surface area contributed by atoms with Gasteiger partial charge in [0, 0.05) is 13.1 Å². The van der Waals surface area contributed by atoms with Gasteiger partial charge in [0.05, 0.1) is 17.6 Å². The number of aromatic nitrogens is 1. The summed E-state index contributed by atoms with van der Waals surface area (Å²) in [5.41, 5.74) is 7.33. The molecule has 0 atom stereocenters. The minimum atomic E-state index is 0.350. The molecule has 0 aliphatic carbocycles. The van der Waals surface area contributed by atoms with Gasteiger partial charge in [0.15, 0.2) is 0 Å². The predicted molar refractivity (Wildman–Crippen MR) is 72.9 cm³/mol. The van der Waals surface area contributed by atoms with Gasteiger partial charge in [0.25, 0.3) is 0 Å². The van der Waals surface area contributed by atoms with Gasteiger partial charge in [0.1, 0.15) is 4.99 Å². The van der Waals surface area contributed by atoms with E-state index in [4.69, 9.17) is 18.0 Å². The third-order valence-electron chi connectivity index (χ3n) is 2.53. The van der Waals surface area contributed by atoms with E-state index in [-0.39, 0.29) is 0 Å². The molecule has 0 saturated heterocycles. The third-order valence-corrected chi connectivity index (χ3v) is 2.74. The van der Waals surface area contributed by atoms with Crippen LogP contribution >= 0.6 is 12.2 Å². The smallest absolute Gasteiger partial charge is 0.122 e. The number of pyridine rings is 1. The van der Waals surface area contributed by atoms with Crippen molar-refractivity contribution < 1.29 is 0 Å². The molecule has 0 aliphatic rings. The minimum Gasteiger partial charge on any atom is -0.388 e. The van der Waals surface area contributed by atoms with Crippen LogP contribution in [0.4, 0.5) is 5.69 Å². The molecule has 1 aromatic heterocycles. The van der Waals surface area contributed by atoms with E-state index in [0.717, 1.165) is 18.8 Å². The van der Waals surface area contributed by atoms with E-state index in [2.05, 4.69) is 23.7 Å². The lowest BCUT2D eigenvalue weighted by molar-refractivity contribution is 0.731. The zero-order valence-corrected chi connectivity index (χ0v) is 10.8. The molecule has 0 bridgehead atoms. The van der Waals surface area contributed by atoms with Crippen LogP contribution in [0.5, 0.6) is 0 Å². The molecular weight excluding hydrogens is 218 g/mol. The van der Waals surface area contributed by atoms with Crippen LogP contribution in [0.3, 0.4) is 0 Å². The molecule has 0 unspecified atom stereocenters. The summed E-state index contributed by atoms with van der Waals surface area (Å²) in [6.45, 7) is 6.41. The molecule has 0 fully saturated rings. The maximum atomic E-state index is 5.51. The largest absolute Gasteiger partial charge is 0.388 e. The van der Waals surface area contributed by atoms with E-state index < -0.39 is 0 Å². The lowest BCUT2D eigenvalue weighted by Crippen LogP contribution is -2.24. The van der Waals surface area contributed by atoms with Crippen LogP contribution in [-0.4, -0.2) is 23.1 Å². The van der Waals surface area contributed by atoms with Crippen LogP contribution < -0.4 is 10.6 Å². The van der Waals surface area contributed by atoms with Crippen molar-refractivity contribution in [2.24, 2.45) is 5.73 Å². The Morgan fingerprint density at radius 3 is 2.62 bits per heavy atom. The van der Waals surface area contributed by atoms with Crippen molar-refractivity contribution in [3.05, 3.63) is 24.0 Å². The highest BCUT2D eigenvalue weighted by Gasteiger charge is 2.04. The number of unbranched alkanes of at least 4 members (excludes halogenated alkanes) is 1. The summed E-state index contributed by atoms with van der Waals surface area (Å²) < 4.78 is 0. The van der Waals surface area contributed by atoms with Crippen LogP contribution in [0, 0.1) is 0 Å². The number of hydrogen-bond acceptors (Lipinski definition) is 3. The Hall–Kier alpha value is -1.16. The highest BCUT2D eigenvalue weighted by Crippen LogP contribution is 2.13. The average molecular weight is 237 g/mol. The summed E-state index contributed by atoms with van der Waals surface area (Å²) in [6.07, 6.45) is 4.24. The molecule has 0 saturated carbocycles. The fourth-order valence-electron chi connectivity index (χ4n) is 1.54. The maximum absolute atomic E-state index is 5.51. The zero-order chi connectivity index (χ0) is 12.0. The molecule has 0 radical (unpaired) electrons. The molecule has 1 heterocycles. The molecular formula is C12H19N3S. The van der Waals surface area contributed by atoms with Gasteiger partial charge in [-0.05, 0) is 25.5 Å². The molecule has 1 aromatic rings. The fourth-order valence-corrected chi connectivity index (χ4v) is 1.66. The summed E-state index contributed by atoms with van der Waals surface area (Å²) >= 11 is 4.87. The van der Waals surface area contributed by atoms with Crippen molar-refractivity contribution >= 4 is 22.9 Å². The molecule has 0 aromatic carbocycles. The SMILES string of the molecule is CCCCN(CC)c1ccc(C(N)=S)nc1. The van der Waals surface area contributed by atoms with Gasteiger partial charge in [-0.3, -0.25) is 4.98 Å². The molecule has 2 N–H and O–H groups in total. The number of thiocarbonyl (C=S) groups is 1. The van der Waals surface area contributed by atoms with Gasteiger partial charge in [0.2, 0.25) is 0 Å². The monoisotopic (exact) mass is 237 g/mol. The van der Waals surface area contributed by atoms with Crippen LogP contribution in [0.1, 0.15) is 32.4 Å². The molecule has 4 heteroatoms.